The summed E-state index contributed by atoms with van der Waals surface area (Å²) < 4.78 is 15.9. The molecule has 0 aromatic heterocycles. The maximum Gasteiger partial charge on any atom is 0.0701 e. The van der Waals surface area contributed by atoms with E-state index in [2.05, 4.69) is 16.9 Å². The SMILES string of the molecule is CCCCOCCOCCOCCCN=[N+]=[N-]. The largest absolute Gasteiger partial charge is 0.379 e. The van der Waals surface area contributed by atoms with E-state index in [1.807, 2.05) is 0 Å². The zero-order valence-electron chi connectivity index (χ0n) is 10.6. The van der Waals surface area contributed by atoms with Crippen LogP contribution < -0.4 is 0 Å². The molecule has 0 radical (unpaired) electrons. The molecule has 0 bridgehead atoms. The number of azide groups is 1. The highest BCUT2D eigenvalue weighted by Gasteiger charge is 1.91. The smallest absolute Gasteiger partial charge is 0.0701 e. The van der Waals surface area contributed by atoms with Gasteiger partial charge in [0.1, 0.15) is 0 Å². The van der Waals surface area contributed by atoms with Gasteiger partial charge in [-0.2, -0.15) is 0 Å². The first-order chi connectivity index (χ1) is 8.41. The van der Waals surface area contributed by atoms with Crippen LogP contribution in [0, 0.1) is 0 Å². The molecule has 0 aromatic rings. The van der Waals surface area contributed by atoms with Crippen LogP contribution in [0.25, 0.3) is 10.4 Å². The second-order valence-corrected chi connectivity index (χ2v) is 3.50. The molecule has 6 heteroatoms. The first kappa shape index (κ1) is 16.2. The first-order valence-electron chi connectivity index (χ1n) is 6.16. The minimum Gasteiger partial charge on any atom is -0.379 e. The molecule has 6 nitrogen and oxygen atoms in total. The first-order valence-corrected chi connectivity index (χ1v) is 6.16. The monoisotopic (exact) mass is 245 g/mol. The summed E-state index contributed by atoms with van der Waals surface area (Å²) in [5.74, 6) is 0. The molecule has 0 fully saturated rings. The van der Waals surface area contributed by atoms with Gasteiger partial charge in [0.2, 0.25) is 0 Å². The van der Waals surface area contributed by atoms with Crippen molar-refractivity contribution in [2.75, 3.05) is 46.2 Å². The molecule has 100 valence electrons. The molecule has 0 aliphatic rings. The van der Waals surface area contributed by atoms with Gasteiger partial charge in [-0.05, 0) is 18.4 Å². The van der Waals surface area contributed by atoms with Gasteiger partial charge in [0.05, 0.1) is 26.4 Å². The molecule has 0 unspecified atom stereocenters. The molecule has 0 saturated heterocycles. The van der Waals surface area contributed by atoms with Gasteiger partial charge in [0.25, 0.3) is 0 Å². The maximum absolute atomic E-state index is 8.03. The van der Waals surface area contributed by atoms with Crippen LogP contribution in [0.3, 0.4) is 0 Å². The van der Waals surface area contributed by atoms with Crippen molar-refractivity contribution < 1.29 is 14.2 Å². The summed E-state index contributed by atoms with van der Waals surface area (Å²) in [6.07, 6.45) is 3.02. The molecule has 0 aliphatic carbocycles. The second kappa shape index (κ2) is 15.2. The summed E-state index contributed by atoms with van der Waals surface area (Å²) in [4.78, 5) is 2.66. The standard InChI is InChI=1S/C11H23N3O3/c1-2-3-6-15-8-10-17-11-9-16-7-4-5-13-14-12/h2-11H2,1H3. The van der Waals surface area contributed by atoms with Gasteiger partial charge in [0, 0.05) is 24.7 Å². The Balaban J connectivity index is 2.91. The average Bonchev–Trinajstić information content (AvgIpc) is 2.35. The van der Waals surface area contributed by atoms with E-state index in [0.717, 1.165) is 25.9 Å². The van der Waals surface area contributed by atoms with Crippen molar-refractivity contribution >= 4 is 0 Å². The quantitative estimate of drug-likeness (QED) is 0.216. The Labute approximate surface area is 103 Å². The molecule has 0 N–H and O–H groups in total. The van der Waals surface area contributed by atoms with E-state index in [1.165, 1.54) is 0 Å². The minimum absolute atomic E-state index is 0.489. The molecule has 0 amide bonds. The summed E-state index contributed by atoms with van der Waals surface area (Å²) in [6.45, 7) is 6.47. The molecule has 0 saturated carbocycles. The average molecular weight is 245 g/mol. The van der Waals surface area contributed by atoms with Crippen LogP contribution in [-0.2, 0) is 14.2 Å². The lowest BCUT2D eigenvalue weighted by atomic mass is 10.4. The van der Waals surface area contributed by atoms with Gasteiger partial charge in [-0.1, -0.05) is 18.5 Å². The van der Waals surface area contributed by atoms with Crippen molar-refractivity contribution in [2.45, 2.75) is 26.2 Å². The summed E-state index contributed by atoms with van der Waals surface area (Å²) >= 11 is 0. The van der Waals surface area contributed by atoms with E-state index in [4.69, 9.17) is 19.7 Å². The van der Waals surface area contributed by atoms with Gasteiger partial charge in [-0.3, -0.25) is 0 Å². The van der Waals surface area contributed by atoms with Crippen molar-refractivity contribution in [2.24, 2.45) is 5.11 Å². The predicted octanol–water partition coefficient (Wildman–Crippen LogP) is 2.54. The van der Waals surface area contributed by atoms with Crippen molar-refractivity contribution in [3.8, 4) is 0 Å². The Kier molecular flexibility index (Phi) is 14.5. The minimum atomic E-state index is 0.489. The third-order valence-electron chi connectivity index (χ3n) is 2.00. The van der Waals surface area contributed by atoms with Gasteiger partial charge in [-0.15, -0.1) is 0 Å². The highest BCUT2D eigenvalue weighted by molar-refractivity contribution is 4.45. The number of hydrogen-bond donors (Lipinski definition) is 0. The van der Waals surface area contributed by atoms with Gasteiger partial charge in [0.15, 0.2) is 0 Å². The summed E-state index contributed by atoms with van der Waals surface area (Å²) in [5.41, 5.74) is 8.03. The second-order valence-electron chi connectivity index (χ2n) is 3.50. The van der Waals surface area contributed by atoms with Crippen molar-refractivity contribution in [3.05, 3.63) is 10.4 Å². The number of hydrogen-bond acceptors (Lipinski definition) is 4. The van der Waals surface area contributed by atoms with Crippen LogP contribution in [0.4, 0.5) is 0 Å². The fourth-order valence-electron chi connectivity index (χ4n) is 1.07. The van der Waals surface area contributed by atoms with Crippen molar-refractivity contribution in [1.82, 2.24) is 0 Å². The molecular weight excluding hydrogens is 222 g/mol. The normalized spacial score (nSPS) is 10.2. The van der Waals surface area contributed by atoms with E-state index < -0.39 is 0 Å². The molecule has 17 heavy (non-hydrogen) atoms. The molecule has 0 rings (SSSR count). The van der Waals surface area contributed by atoms with Crippen LogP contribution in [0.1, 0.15) is 26.2 Å². The van der Waals surface area contributed by atoms with E-state index in [9.17, 15) is 0 Å². The van der Waals surface area contributed by atoms with Crippen LogP contribution in [0.2, 0.25) is 0 Å². The summed E-state index contributed by atoms with van der Waals surface area (Å²) in [5, 5.41) is 3.41. The van der Waals surface area contributed by atoms with Gasteiger partial charge in [-0.25, -0.2) is 0 Å². The Bertz CT molecular complexity index is 196. The fourth-order valence-corrected chi connectivity index (χ4v) is 1.07. The van der Waals surface area contributed by atoms with Gasteiger partial charge >= 0.3 is 0 Å². The third-order valence-corrected chi connectivity index (χ3v) is 2.00. The lowest BCUT2D eigenvalue weighted by Gasteiger charge is -2.06. The molecular formula is C11H23N3O3. The van der Waals surface area contributed by atoms with E-state index >= 15 is 0 Å². The van der Waals surface area contributed by atoms with Gasteiger partial charge < -0.3 is 14.2 Å². The van der Waals surface area contributed by atoms with Crippen LogP contribution in [0.5, 0.6) is 0 Å². The maximum atomic E-state index is 8.03. The third kappa shape index (κ3) is 15.2. The van der Waals surface area contributed by atoms with E-state index in [1.54, 1.807) is 0 Å². The molecule has 0 aliphatic heterocycles. The van der Waals surface area contributed by atoms with E-state index in [-0.39, 0.29) is 0 Å². The zero-order valence-corrected chi connectivity index (χ0v) is 10.6. The molecule has 0 aromatic carbocycles. The Morgan fingerprint density at radius 2 is 1.41 bits per heavy atom. The summed E-state index contributed by atoms with van der Waals surface area (Å²) in [6, 6.07) is 0. The predicted molar refractivity (Wildman–Crippen MR) is 66.0 cm³/mol. The lowest BCUT2D eigenvalue weighted by molar-refractivity contribution is 0.0139. The van der Waals surface area contributed by atoms with E-state index in [0.29, 0.717) is 39.6 Å². The number of ether oxygens (including phenoxy) is 3. The fraction of sp³-hybridized carbons (Fsp3) is 1.00. The Hall–Kier alpha value is -0.810. The Morgan fingerprint density at radius 3 is 1.94 bits per heavy atom. The highest BCUT2D eigenvalue weighted by Crippen LogP contribution is 1.88. The molecule has 0 spiro atoms. The zero-order chi connectivity index (χ0) is 12.6. The molecule has 0 atom stereocenters. The van der Waals surface area contributed by atoms with Crippen LogP contribution in [-0.4, -0.2) is 46.2 Å². The highest BCUT2D eigenvalue weighted by atomic mass is 16.5. The number of nitrogens with zero attached hydrogens (tertiary/aromatic N) is 3. The van der Waals surface area contributed by atoms with Crippen molar-refractivity contribution in [3.63, 3.8) is 0 Å². The molecule has 0 heterocycles. The number of rotatable bonds is 13. The number of unbranched alkanes of at least 4 members (excludes halogenated alkanes) is 1. The topological polar surface area (TPSA) is 76.5 Å². The Morgan fingerprint density at radius 1 is 0.882 bits per heavy atom. The van der Waals surface area contributed by atoms with Crippen molar-refractivity contribution in [1.29, 1.82) is 0 Å². The van der Waals surface area contributed by atoms with Crippen LogP contribution in [0.15, 0.2) is 5.11 Å². The lowest BCUT2D eigenvalue weighted by Crippen LogP contribution is -2.10. The van der Waals surface area contributed by atoms with Crippen LogP contribution >= 0.6 is 0 Å². The summed E-state index contributed by atoms with van der Waals surface area (Å²) in [7, 11) is 0.